The van der Waals surface area contributed by atoms with E-state index >= 15 is 0 Å². The average molecular weight is 242 g/mol. The highest BCUT2D eigenvalue weighted by Crippen LogP contribution is 2.34. The van der Waals surface area contributed by atoms with Gasteiger partial charge in [0, 0.05) is 6.54 Å². The highest BCUT2D eigenvalue weighted by molar-refractivity contribution is 5.87. The molecule has 1 saturated heterocycles. The van der Waals surface area contributed by atoms with Crippen molar-refractivity contribution in [2.75, 3.05) is 6.54 Å². The maximum atomic E-state index is 12.1. The second-order valence-corrected chi connectivity index (χ2v) is 4.70. The van der Waals surface area contributed by atoms with E-state index in [2.05, 4.69) is 22.2 Å². The van der Waals surface area contributed by atoms with Crippen LogP contribution in [0.3, 0.4) is 0 Å². The highest BCUT2D eigenvalue weighted by Gasteiger charge is 2.35. The predicted octanol–water partition coefficient (Wildman–Crippen LogP) is 0.0162. The van der Waals surface area contributed by atoms with Crippen molar-refractivity contribution < 1.29 is 4.79 Å². The lowest BCUT2D eigenvalue weighted by Crippen LogP contribution is -2.49. The summed E-state index contributed by atoms with van der Waals surface area (Å²) in [7, 11) is 0. The van der Waals surface area contributed by atoms with Gasteiger partial charge < -0.3 is 5.32 Å². The van der Waals surface area contributed by atoms with Crippen LogP contribution in [0.2, 0.25) is 0 Å². The van der Waals surface area contributed by atoms with Crippen LogP contribution in [0.25, 0.3) is 0 Å². The second kappa shape index (κ2) is 4.41. The molecule has 0 aromatic heterocycles. The first-order chi connectivity index (χ1) is 8.79. The van der Waals surface area contributed by atoms with E-state index in [0.29, 0.717) is 6.54 Å². The van der Waals surface area contributed by atoms with Gasteiger partial charge in [0.2, 0.25) is 5.91 Å². The van der Waals surface area contributed by atoms with Crippen LogP contribution < -0.4 is 16.2 Å². The first-order valence-electron chi connectivity index (χ1n) is 6.06. The van der Waals surface area contributed by atoms with E-state index in [1.54, 1.807) is 0 Å². The lowest BCUT2D eigenvalue weighted by atomic mass is 9.77. The van der Waals surface area contributed by atoms with Crippen LogP contribution in [0.1, 0.15) is 17.0 Å². The molecule has 3 unspecified atom stereocenters. The number of nitriles is 1. The minimum absolute atomic E-state index is 0.00449. The molecule has 5 nitrogen and oxygen atoms in total. The molecule has 2 aliphatic rings. The number of fused-ring (bicyclic) bond motifs is 1. The number of nitrogens with zero attached hydrogens (tertiary/aromatic N) is 1. The molecule has 3 atom stereocenters. The summed E-state index contributed by atoms with van der Waals surface area (Å²) in [6, 6.07) is 10.2. The number of benzene rings is 1. The SMILES string of the molecule is N#CC1CNNC1NC(=O)C1Cc2ccccc21. The molecule has 0 bridgehead atoms. The fraction of sp³-hybridized carbons (Fsp3) is 0.385. The molecule has 1 aliphatic heterocycles. The van der Waals surface area contributed by atoms with Gasteiger partial charge in [-0.2, -0.15) is 5.26 Å². The number of carbonyl (C=O) groups excluding carboxylic acids is 1. The molecule has 0 spiro atoms. The van der Waals surface area contributed by atoms with Crippen LogP contribution in [0, 0.1) is 17.2 Å². The highest BCUT2D eigenvalue weighted by atomic mass is 16.2. The van der Waals surface area contributed by atoms with Crippen LogP contribution in [0.4, 0.5) is 0 Å². The van der Waals surface area contributed by atoms with E-state index in [4.69, 9.17) is 5.26 Å². The van der Waals surface area contributed by atoms with E-state index < -0.39 is 0 Å². The topological polar surface area (TPSA) is 77.0 Å². The Labute approximate surface area is 105 Å². The summed E-state index contributed by atoms with van der Waals surface area (Å²) in [6.07, 6.45) is 0.495. The van der Waals surface area contributed by atoms with Crippen LogP contribution in [0.15, 0.2) is 24.3 Å². The van der Waals surface area contributed by atoms with Crippen LogP contribution in [0.5, 0.6) is 0 Å². The fourth-order valence-corrected chi connectivity index (χ4v) is 2.50. The van der Waals surface area contributed by atoms with Crippen molar-refractivity contribution in [2.45, 2.75) is 18.5 Å². The Balaban J connectivity index is 1.66. The summed E-state index contributed by atoms with van der Waals surface area (Å²) in [5.41, 5.74) is 8.15. The Morgan fingerprint density at radius 2 is 2.28 bits per heavy atom. The van der Waals surface area contributed by atoms with E-state index in [0.717, 1.165) is 12.0 Å². The zero-order chi connectivity index (χ0) is 12.5. The molecular weight excluding hydrogens is 228 g/mol. The van der Waals surface area contributed by atoms with Crippen molar-refractivity contribution in [3.05, 3.63) is 35.4 Å². The first kappa shape index (κ1) is 11.2. The molecule has 18 heavy (non-hydrogen) atoms. The minimum atomic E-state index is -0.296. The van der Waals surface area contributed by atoms with Crippen molar-refractivity contribution in [1.82, 2.24) is 16.2 Å². The molecule has 0 saturated carbocycles. The van der Waals surface area contributed by atoms with Gasteiger partial charge in [0.05, 0.1) is 17.9 Å². The van der Waals surface area contributed by atoms with Crippen molar-refractivity contribution in [2.24, 2.45) is 5.92 Å². The quantitative estimate of drug-likeness (QED) is 0.683. The second-order valence-electron chi connectivity index (χ2n) is 4.70. The third kappa shape index (κ3) is 1.76. The summed E-state index contributed by atoms with van der Waals surface area (Å²) >= 11 is 0. The molecule has 3 N–H and O–H groups in total. The number of carbonyl (C=O) groups is 1. The summed E-state index contributed by atoms with van der Waals surface area (Å²) < 4.78 is 0. The number of amides is 1. The molecule has 1 aromatic rings. The minimum Gasteiger partial charge on any atom is -0.338 e. The summed E-state index contributed by atoms with van der Waals surface area (Å²) in [6.45, 7) is 0.558. The molecule has 1 aliphatic carbocycles. The van der Waals surface area contributed by atoms with Gasteiger partial charge >= 0.3 is 0 Å². The van der Waals surface area contributed by atoms with Gasteiger partial charge in [0.25, 0.3) is 0 Å². The Hall–Kier alpha value is -1.90. The Kier molecular flexibility index (Phi) is 2.74. The Bertz CT molecular complexity index is 522. The Morgan fingerprint density at radius 3 is 3.06 bits per heavy atom. The third-order valence-electron chi connectivity index (χ3n) is 3.62. The van der Waals surface area contributed by atoms with Crippen molar-refractivity contribution in [3.63, 3.8) is 0 Å². The number of hydrogen-bond acceptors (Lipinski definition) is 4. The van der Waals surface area contributed by atoms with Crippen LogP contribution >= 0.6 is 0 Å². The van der Waals surface area contributed by atoms with Crippen LogP contribution in [-0.2, 0) is 11.2 Å². The standard InChI is InChI=1S/C13H14N4O/c14-6-9-7-15-17-12(9)16-13(18)11-5-8-3-1-2-4-10(8)11/h1-4,9,11-12,15,17H,5,7H2,(H,16,18). The van der Waals surface area contributed by atoms with E-state index in [1.165, 1.54) is 5.56 Å². The first-order valence-corrected chi connectivity index (χ1v) is 6.06. The number of hydrogen-bond donors (Lipinski definition) is 3. The van der Waals surface area contributed by atoms with Crippen molar-refractivity contribution in [3.8, 4) is 6.07 Å². The monoisotopic (exact) mass is 242 g/mol. The van der Waals surface area contributed by atoms with E-state index in [1.807, 2.05) is 24.3 Å². The average Bonchev–Trinajstić information content (AvgIpc) is 2.78. The molecule has 1 heterocycles. The lowest BCUT2D eigenvalue weighted by Gasteiger charge is -2.30. The number of nitrogens with one attached hydrogen (secondary N) is 3. The molecule has 92 valence electrons. The smallest absolute Gasteiger partial charge is 0.229 e. The summed E-state index contributed by atoms with van der Waals surface area (Å²) in [5, 5.41) is 11.8. The molecule has 0 radical (unpaired) electrons. The van der Waals surface area contributed by atoms with Gasteiger partial charge in [-0.3, -0.25) is 10.2 Å². The van der Waals surface area contributed by atoms with Gasteiger partial charge in [-0.25, -0.2) is 5.43 Å². The van der Waals surface area contributed by atoms with Gasteiger partial charge in [-0.1, -0.05) is 24.3 Å². The van der Waals surface area contributed by atoms with Crippen LogP contribution in [-0.4, -0.2) is 18.6 Å². The number of hydrazine groups is 1. The lowest BCUT2D eigenvalue weighted by molar-refractivity contribution is -0.124. The summed E-state index contributed by atoms with van der Waals surface area (Å²) in [4.78, 5) is 12.1. The normalized spacial score (nSPS) is 28.9. The maximum Gasteiger partial charge on any atom is 0.229 e. The van der Waals surface area contributed by atoms with E-state index in [9.17, 15) is 4.79 Å². The van der Waals surface area contributed by atoms with Gasteiger partial charge in [-0.15, -0.1) is 0 Å². The Morgan fingerprint density at radius 1 is 1.44 bits per heavy atom. The molecule has 1 aromatic carbocycles. The van der Waals surface area contributed by atoms with E-state index in [-0.39, 0.29) is 23.9 Å². The molecular formula is C13H14N4O. The fourth-order valence-electron chi connectivity index (χ4n) is 2.50. The number of rotatable bonds is 2. The molecule has 5 heteroatoms. The zero-order valence-electron chi connectivity index (χ0n) is 9.81. The summed E-state index contributed by atoms with van der Waals surface area (Å²) in [5.74, 6) is -0.289. The van der Waals surface area contributed by atoms with Crippen molar-refractivity contribution in [1.29, 1.82) is 5.26 Å². The van der Waals surface area contributed by atoms with Gasteiger partial charge in [-0.05, 0) is 17.5 Å². The molecule has 1 fully saturated rings. The van der Waals surface area contributed by atoms with Crippen molar-refractivity contribution >= 4 is 5.91 Å². The van der Waals surface area contributed by atoms with Gasteiger partial charge in [0.1, 0.15) is 6.17 Å². The zero-order valence-corrected chi connectivity index (χ0v) is 9.81. The predicted molar refractivity (Wildman–Crippen MR) is 65.1 cm³/mol. The third-order valence-corrected chi connectivity index (χ3v) is 3.62. The van der Waals surface area contributed by atoms with Gasteiger partial charge in [0.15, 0.2) is 0 Å². The molecule has 3 rings (SSSR count). The molecule has 1 amide bonds. The largest absolute Gasteiger partial charge is 0.338 e. The maximum absolute atomic E-state index is 12.1.